The van der Waals surface area contributed by atoms with E-state index in [9.17, 15) is 0 Å². The molecule has 0 radical (unpaired) electrons. The van der Waals surface area contributed by atoms with Crippen LogP contribution in [0.5, 0.6) is 5.75 Å². The van der Waals surface area contributed by atoms with Gasteiger partial charge in [-0.05, 0) is 44.6 Å². The van der Waals surface area contributed by atoms with Crippen molar-refractivity contribution in [1.29, 1.82) is 0 Å². The summed E-state index contributed by atoms with van der Waals surface area (Å²) in [4.78, 5) is 7.32. The summed E-state index contributed by atoms with van der Waals surface area (Å²) in [5, 5.41) is 6.57. The summed E-state index contributed by atoms with van der Waals surface area (Å²) in [6.45, 7) is 3.18. The molecular formula is C17H24BrCl2N3OS. The maximum absolute atomic E-state index is 5.47. The molecule has 2 aromatic rings. The van der Waals surface area contributed by atoms with Gasteiger partial charge in [-0.1, -0.05) is 15.9 Å². The minimum Gasteiger partial charge on any atom is -0.496 e. The number of ether oxygens (including phenoxy) is 1. The average molecular weight is 469 g/mol. The van der Waals surface area contributed by atoms with Crippen LogP contribution in [0, 0.1) is 0 Å². The highest BCUT2D eigenvalue weighted by molar-refractivity contribution is 9.10. The summed E-state index contributed by atoms with van der Waals surface area (Å²) >= 11 is 5.21. The fraction of sp³-hybridized carbons (Fsp3) is 0.471. The molecule has 4 nitrogen and oxygen atoms in total. The van der Waals surface area contributed by atoms with Crippen molar-refractivity contribution in [3.8, 4) is 16.3 Å². The Morgan fingerprint density at radius 1 is 1.40 bits per heavy atom. The number of nitrogens with one attached hydrogen (secondary N) is 1. The monoisotopic (exact) mass is 467 g/mol. The van der Waals surface area contributed by atoms with E-state index in [1.54, 1.807) is 18.4 Å². The van der Waals surface area contributed by atoms with Crippen LogP contribution in [0.2, 0.25) is 0 Å². The number of likely N-dealkylation sites (N-methyl/N-ethyl adjacent to an activating group) is 1. The number of aromatic nitrogens is 1. The first-order chi connectivity index (χ1) is 11.2. The molecule has 3 rings (SSSR count). The summed E-state index contributed by atoms with van der Waals surface area (Å²) in [5.74, 6) is 0.863. The van der Waals surface area contributed by atoms with Crippen LogP contribution in [0.4, 0.5) is 0 Å². The van der Waals surface area contributed by atoms with Gasteiger partial charge in [0.15, 0.2) is 0 Å². The van der Waals surface area contributed by atoms with Crippen molar-refractivity contribution in [2.75, 3.05) is 27.2 Å². The topological polar surface area (TPSA) is 37.4 Å². The van der Waals surface area contributed by atoms with Crippen LogP contribution in [0.1, 0.15) is 18.5 Å². The first-order valence-corrected chi connectivity index (χ1v) is 9.55. The molecule has 1 fully saturated rings. The zero-order valence-corrected chi connectivity index (χ0v) is 18.4. The summed E-state index contributed by atoms with van der Waals surface area (Å²) in [6, 6.07) is 6.64. The van der Waals surface area contributed by atoms with Crippen molar-refractivity contribution >= 4 is 52.1 Å². The summed E-state index contributed by atoms with van der Waals surface area (Å²) in [5.41, 5.74) is 2.19. The quantitative estimate of drug-likeness (QED) is 0.695. The van der Waals surface area contributed by atoms with Crippen LogP contribution < -0.4 is 10.1 Å². The standard InChI is InChI=1S/C17H22BrN3OS.2ClH/c1-19-13-4-3-7-21(9-13)10-14-11-23-17(20-14)15-8-12(18)5-6-16(15)22-2;;/h5-6,8,11,13,19H,3-4,7,9-10H2,1-2H3;2*1H. The molecule has 1 aromatic heterocycles. The highest BCUT2D eigenvalue weighted by Gasteiger charge is 2.19. The maximum Gasteiger partial charge on any atom is 0.129 e. The van der Waals surface area contributed by atoms with Crippen LogP contribution in [0.15, 0.2) is 28.1 Å². The van der Waals surface area contributed by atoms with Crippen LogP contribution in [0.25, 0.3) is 10.6 Å². The fourth-order valence-electron chi connectivity index (χ4n) is 3.01. The van der Waals surface area contributed by atoms with Gasteiger partial charge in [0, 0.05) is 29.0 Å². The molecule has 1 atom stereocenters. The molecule has 1 aliphatic heterocycles. The fourth-order valence-corrected chi connectivity index (χ4v) is 4.21. The molecular weight excluding hydrogens is 445 g/mol. The van der Waals surface area contributed by atoms with Crippen molar-refractivity contribution in [2.45, 2.75) is 25.4 Å². The molecule has 1 saturated heterocycles. The zero-order chi connectivity index (χ0) is 16.2. The molecule has 8 heteroatoms. The lowest BCUT2D eigenvalue weighted by atomic mass is 10.1. The first kappa shape index (κ1) is 22.7. The third-order valence-corrected chi connectivity index (χ3v) is 5.66. The van der Waals surface area contributed by atoms with E-state index in [0.717, 1.165) is 46.1 Å². The van der Waals surface area contributed by atoms with Crippen LogP contribution in [-0.4, -0.2) is 43.2 Å². The zero-order valence-electron chi connectivity index (χ0n) is 14.3. The minimum atomic E-state index is 0. The smallest absolute Gasteiger partial charge is 0.129 e. The van der Waals surface area contributed by atoms with Gasteiger partial charge < -0.3 is 10.1 Å². The Morgan fingerprint density at radius 3 is 2.92 bits per heavy atom. The van der Waals surface area contributed by atoms with Crippen molar-refractivity contribution in [3.05, 3.63) is 33.7 Å². The Morgan fingerprint density at radius 2 is 2.20 bits per heavy atom. The van der Waals surface area contributed by atoms with Gasteiger partial charge >= 0.3 is 0 Å². The third-order valence-electron chi connectivity index (χ3n) is 4.24. The molecule has 140 valence electrons. The highest BCUT2D eigenvalue weighted by Crippen LogP contribution is 2.34. The van der Waals surface area contributed by atoms with E-state index in [-0.39, 0.29) is 24.8 Å². The largest absolute Gasteiger partial charge is 0.496 e. The molecule has 25 heavy (non-hydrogen) atoms. The van der Waals surface area contributed by atoms with Gasteiger partial charge in [-0.2, -0.15) is 0 Å². The molecule has 0 aliphatic carbocycles. The van der Waals surface area contributed by atoms with Crippen molar-refractivity contribution in [2.24, 2.45) is 0 Å². The normalized spacial score (nSPS) is 17.5. The number of thiazole rings is 1. The van der Waals surface area contributed by atoms with Crippen LogP contribution >= 0.6 is 52.1 Å². The van der Waals surface area contributed by atoms with Gasteiger partial charge in [0.05, 0.1) is 18.4 Å². The summed E-state index contributed by atoms with van der Waals surface area (Å²) < 4.78 is 6.51. The molecule has 2 heterocycles. The Hall–Kier alpha value is -0.370. The number of rotatable bonds is 5. The van der Waals surface area contributed by atoms with Crippen molar-refractivity contribution in [1.82, 2.24) is 15.2 Å². The third kappa shape index (κ3) is 5.81. The molecule has 1 aromatic carbocycles. The second kappa shape index (κ2) is 10.7. The number of nitrogens with zero attached hydrogens (tertiary/aromatic N) is 2. The van der Waals surface area contributed by atoms with Crippen LogP contribution in [0.3, 0.4) is 0 Å². The average Bonchev–Trinajstić information content (AvgIpc) is 3.03. The number of piperidine rings is 1. The molecule has 0 amide bonds. The van der Waals surface area contributed by atoms with E-state index in [2.05, 4.69) is 44.6 Å². The van der Waals surface area contributed by atoms with E-state index in [1.165, 1.54) is 12.8 Å². The number of halogens is 3. The predicted octanol–water partition coefficient (Wildman–Crippen LogP) is 4.61. The van der Waals surface area contributed by atoms with Gasteiger partial charge in [0.25, 0.3) is 0 Å². The molecule has 0 spiro atoms. The SMILES string of the molecule is CNC1CCCN(Cc2csc(-c3cc(Br)ccc3OC)n2)C1.Cl.Cl. The van der Waals surface area contributed by atoms with E-state index < -0.39 is 0 Å². The first-order valence-electron chi connectivity index (χ1n) is 7.87. The van der Waals surface area contributed by atoms with E-state index in [0.29, 0.717) is 6.04 Å². The summed E-state index contributed by atoms with van der Waals surface area (Å²) in [7, 11) is 3.75. The predicted molar refractivity (Wildman–Crippen MR) is 114 cm³/mol. The Bertz CT molecular complexity index is 671. The van der Waals surface area contributed by atoms with Crippen molar-refractivity contribution < 1.29 is 4.74 Å². The lowest BCUT2D eigenvalue weighted by molar-refractivity contribution is 0.186. The van der Waals surface area contributed by atoms with E-state index in [1.807, 2.05) is 12.1 Å². The lowest BCUT2D eigenvalue weighted by Crippen LogP contribution is -2.43. The summed E-state index contributed by atoms with van der Waals surface area (Å²) in [6.07, 6.45) is 2.52. The maximum atomic E-state index is 5.47. The van der Waals surface area contributed by atoms with Gasteiger partial charge in [-0.3, -0.25) is 4.90 Å². The lowest BCUT2D eigenvalue weighted by Gasteiger charge is -2.31. The van der Waals surface area contributed by atoms with E-state index in [4.69, 9.17) is 9.72 Å². The molecule has 0 saturated carbocycles. The van der Waals surface area contributed by atoms with Gasteiger partial charge in [0.1, 0.15) is 10.8 Å². The number of likely N-dealkylation sites (tertiary alicyclic amines) is 1. The van der Waals surface area contributed by atoms with Gasteiger partial charge in [0.2, 0.25) is 0 Å². The molecule has 0 bridgehead atoms. The molecule has 1 N–H and O–H groups in total. The second-order valence-corrected chi connectivity index (χ2v) is 7.63. The molecule has 1 aliphatic rings. The molecule has 1 unspecified atom stereocenters. The highest BCUT2D eigenvalue weighted by atomic mass is 79.9. The van der Waals surface area contributed by atoms with Gasteiger partial charge in [-0.15, -0.1) is 36.2 Å². The number of hydrogen-bond acceptors (Lipinski definition) is 5. The Labute approximate surface area is 174 Å². The minimum absolute atomic E-state index is 0. The second-order valence-electron chi connectivity index (χ2n) is 5.85. The van der Waals surface area contributed by atoms with Gasteiger partial charge in [-0.25, -0.2) is 4.98 Å². The van der Waals surface area contributed by atoms with E-state index >= 15 is 0 Å². The number of benzene rings is 1. The number of hydrogen-bond donors (Lipinski definition) is 1. The Kier molecular flexibility index (Phi) is 9.70. The van der Waals surface area contributed by atoms with Crippen LogP contribution in [-0.2, 0) is 6.54 Å². The van der Waals surface area contributed by atoms with Crippen molar-refractivity contribution in [3.63, 3.8) is 0 Å². The number of methoxy groups -OCH3 is 1. The Balaban J connectivity index is 0.00000156.